The molecule has 0 bridgehead atoms. The Morgan fingerprint density at radius 2 is 1.40 bits per heavy atom. The molecule has 5 heavy (non-hydrogen) atoms. The van der Waals surface area contributed by atoms with Gasteiger partial charge in [-0.25, -0.2) is 0 Å². The maximum Gasteiger partial charge on any atom is 0.381 e. The third kappa shape index (κ3) is 87.0. The predicted molar refractivity (Wildman–Crippen MR) is 23.0 cm³/mol. The highest BCUT2D eigenvalue weighted by Gasteiger charge is 1.41. The molecule has 0 heterocycles. The molecule has 0 atom stereocenters. The van der Waals surface area contributed by atoms with Crippen LogP contribution in [0.1, 0.15) is 0 Å². The highest BCUT2D eigenvalue weighted by atomic mass is 35.5. The van der Waals surface area contributed by atoms with Crippen LogP contribution in [0, 0.1) is 0 Å². The molecule has 0 rings (SSSR count). The van der Waals surface area contributed by atoms with Gasteiger partial charge in [0, 0.05) is 0 Å². The van der Waals surface area contributed by atoms with E-state index in [1.807, 2.05) is 0 Å². The molecule has 0 aromatic rings. The Balaban J connectivity index is 0. The van der Waals surface area contributed by atoms with Crippen LogP contribution < -0.4 is 0 Å². The highest BCUT2D eigenvalue weighted by molar-refractivity contribution is 6.40. The van der Waals surface area contributed by atoms with Crippen LogP contribution in [0.4, 0.5) is 0 Å². The van der Waals surface area contributed by atoms with Crippen molar-refractivity contribution in [2.75, 3.05) is 5.34 Å². The molecule has 0 spiro atoms. The van der Waals surface area contributed by atoms with Crippen LogP contribution in [-0.4, -0.2) is 15.5 Å². The minimum Gasteiger partial charge on any atom is -0.381 e. The lowest BCUT2D eigenvalue weighted by molar-refractivity contribution is 0.590. The van der Waals surface area contributed by atoms with Crippen molar-refractivity contribution >= 4 is 33.3 Å². The van der Waals surface area contributed by atoms with Crippen molar-refractivity contribution in [3.8, 4) is 0 Å². The van der Waals surface area contributed by atoms with E-state index in [0.29, 0.717) is 0 Å². The van der Waals surface area contributed by atoms with Crippen LogP contribution >= 0.6 is 23.2 Å². The van der Waals surface area contributed by atoms with E-state index in [1.165, 1.54) is 0 Å². The summed E-state index contributed by atoms with van der Waals surface area (Å²) in [4.78, 5) is 0. The molecule has 0 aromatic heterocycles. The predicted octanol–water partition coefficient (Wildman–Crippen LogP) is 0.922. The number of hydrogen-bond acceptors (Lipinski definition) is 1. The number of alkyl halides is 2. The van der Waals surface area contributed by atoms with Gasteiger partial charge in [-0.1, -0.05) is 0 Å². The summed E-state index contributed by atoms with van der Waals surface area (Å²) in [6, 6.07) is 0. The maximum atomic E-state index is 8.06. The maximum absolute atomic E-state index is 8.06. The van der Waals surface area contributed by atoms with Crippen LogP contribution in [0.15, 0.2) is 0 Å². The molecule has 0 aliphatic carbocycles. The van der Waals surface area contributed by atoms with Crippen molar-refractivity contribution in [3.63, 3.8) is 0 Å². The summed E-state index contributed by atoms with van der Waals surface area (Å²) in [6.07, 6.45) is 0. The van der Waals surface area contributed by atoms with Crippen molar-refractivity contribution in [1.29, 1.82) is 0 Å². The standard InChI is InChI=1S/CH2Cl2.OSi/c2-1-3;1-2/h1H2;. The summed E-state index contributed by atoms with van der Waals surface area (Å²) in [5.74, 6) is 0. The van der Waals surface area contributed by atoms with Crippen LogP contribution in [-0.2, 0) is 4.46 Å². The Labute approximate surface area is 43.7 Å². The summed E-state index contributed by atoms with van der Waals surface area (Å²) >= 11 is 9.53. The Morgan fingerprint density at radius 1 is 1.40 bits per heavy atom. The normalized spacial score (nSPS) is 4.40. The van der Waals surface area contributed by atoms with E-state index in [1.54, 1.807) is 10.1 Å². The molecule has 30 valence electrons. The molecule has 0 aromatic carbocycles. The zero-order chi connectivity index (χ0) is 4.71. The topological polar surface area (TPSA) is 17.1 Å². The van der Waals surface area contributed by atoms with Gasteiger partial charge in [0.15, 0.2) is 0 Å². The van der Waals surface area contributed by atoms with E-state index in [9.17, 15) is 0 Å². The van der Waals surface area contributed by atoms with Gasteiger partial charge in [-0.2, -0.15) is 0 Å². The van der Waals surface area contributed by atoms with E-state index in [-0.39, 0.29) is 5.34 Å². The first-order valence-electron chi connectivity index (χ1n) is 0.739. The quantitative estimate of drug-likeness (QED) is 0.351. The van der Waals surface area contributed by atoms with Gasteiger partial charge in [0.05, 0.1) is 5.34 Å². The molecule has 1 nitrogen and oxygen atoms in total. The summed E-state index contributed by atoms with van der Waals surface area (Å²) < 4.78 is 8.06. The minimum absolute atomic E-state index is 0.194. The fraction of sp³-hybridized carbons (Fsp3) is 1.00. The monoisotopic (exact) mass is 128 g/mol. The highest BCUT2D eigenvalue weighted by Crippen LogP contribution is 1.73. The van der Waals surface area contributed by atoms with Crippen molar-refractivity contribution in [2.24, 2.45) is 0 Å². The van der Waals surface area contributed by atoms with Gasteiger partial charge in [-0.05, 0) is 0 Å². The lowest BCUT2D eigenvalue weighted by atomic mass is 11.9. The van der Waals surface area contributed by atoms with Gasteiger partial charge in [-0.3, -0.25) is 0 Å². The van der Waals surface area contributed by atoms with Crippen molar-refractivity contribution < 1.29 is 4.46 Å². The van der Waals surface area contributed by atoms with Crippen LogP contribution in [0.5, 0.6) is 0 Å². The van der Waals surface area contributed by atoms with Gasteiger partial charge < -0.3 is 4.46 Å². The van der Waals surface area contributed by atoms with Crippen LogP contribution in [0.25, 0.3) is 0 Å². The van der Waals surface area contributed by atoms with E-state index in [0.717, 1.165) is 0 Å². The number of halogens is 2. The van der Waals surface area contributed by atoms with Gasteiger partial charge in [0.1, 0.15) is 0 Å². The average molecular weight is 129 g/mol. The van der Waals surface area contributed by atoms with E-state index in [4.69, 9.17) is 27.7 Å². The van der Waals surface area contributed by atoms with Gasteiger partial charge in [0.2, 0.25) is 0 Å². The molecule has 4 heteroatoms. The number of hydrogen-bond donors (Lipinski definition) is 0. The molecule has 0 saturated heterocycles. The first kappa shape index (κ1) is 9.14. The summed E-state index contributed by atoms with van der Waals surface area (Å²) in [5.41, 5.74) is 0. The third-order valence-electron chi connectivity index (χ3n) is 0. The molecule has 0 aliphatic rings. The summed E-state index contributed by atoms with van der Waals surface area (Å²) in [6.45, 7) is 0. The Morgan fingerprint density at radius 3 is 1.40 bits per heavy atom. The summed E-state index contributed by atoms with van der Waals surface area (Å²) in [5, 5.41) is 0.194. The second-order valence-corrected chi connectivity index (χ2v) is 0.909. The second-order valence-electron chi connectivity index (χ2n) is 0.101. The van der Waals surface area contributed by atoms with Crippen molar-refractivity contribution in [2.45, 2.75) is 0 Å². The minimum atomic E-state index is 0.194. The van der Waals surface area contributed by atoms with E-state index in [2.05, 4.69) is 0 Å². The van der Waals surface area contributed by atoms with Crippen molar-refractivity contribution in [1.82, 2.24) is 0 Å². The molecule has 0 N–H and O–H groups in total. The van der Waals surface area contributed by atoms with Gasteiger partial charge in [-0.15, -0.1) is 23.2 Å². The fourth-order valence-corrected chi connectivity index (χ4v) is 0. The molecular formula is CH2Cl2OSi. The first-order chi connectivity index (χ1) is 2.41. The lowest BCUT2D eigenvalue weighted by Crippen LogP contribution is -1.24. The third-order valence-corrected chi connectivity index (χ3v) is 0. The lowest BCUT2D eigenvalue weighted by Gasteiger charge is -1.42. The molecule has 0 aliphatic heterocycles. The van der Waals surface area contributed by atoms with Gasteiger partial charge in [0.25, 0.3) is 0 Å². The molecule has 0 amide bonds. The van der Waals surface area contributed by atoms with Gasteiger partial charge >= 0.3 is 10.1 Å². The fourth-order valence-electron chi connectivity index (χ4n) is 0. The molecule has 0 unspecified atom stereocenters. The Kier molecular flexibility index (Phi) is 42.6. The SMILES string of the molecule is ClCCl.O=[Si]. The van der Waals surface area contributed by atoms with Crippen LogP contribution in [0.3, 0.4) is 0 Å². The molecular weight excluding hydrogens is 127 g/mol. The largest absolute Gasteiger partial charge is 0.381 e. The Bertz CT molecular complexity index is 13.6. The van der Waals surface area contributed by atoms with Crippen LogP contribution in [0.2, 0.25) is 0 Å². The number of rotatable bonds is 0. The molecule has 2 radical (unpaired) electrons. The van der Waals surface area contributed by atoms with E-state index < -0.39 is 0 Å². The zero-order valence-corrected chi connectivity index (χ0v) is 4.88. The first-order valence-corrected chi connectivity index (χ1v) is 2.22. The second kappa shape index (κ2) is 23.3. The molecule has 0 fully saturated rings. The smallest absolute Gasteiger partial charge is 0.381 e. The average Bonchev–Trinajstić information content (AvgIpc) is 1.46. The zero-order valence-electron chi connectivity index (χ0n) is 2.37. The Hall–Kier alpha value is 0.597. The van der Waals surface area contributed by atoms with Crippen molar-refractivity contribution in [3.05, 3.63) is 0 Å². The summed E-state index contributed by atoms with van der Waals surface area (Å²) in [7, 11) is 1.72. The van der Waals surface area contributed by atoms with E-state index >= 15 is 0 Å². The molecule has 0 saturated carbocycles.